The predicted octanol–water partition coefficient (Wildman–Crippen LogP) is 1.20. The van der Waals surface area contributed by atoms with Gasteiger partial charge in [0.15, 0.2) is 0 Å². The smallest absolute Gasteiger partial charge is 0.326 e. The number of anilines is 1. The topological polar surface area (TPSA) is 69.6 Å². The van der Waals surface area contributed by atoms with Crippen LogP contribution in [0, 0.1) is 5.92 Å². The van der Waals surface area contributed by atoms with E-state index in [-0.39, 0.29) is 11.8 Å². The van der Waals surface area contributed by atoms with Gasteiger partial charge in [0, 0.05) is 19.3 Å². The first-order valence-electron chi connectivity index (χ1n) is 6.32. The highest BCUT2D eigenvalue weighted by molar-refractivity contribution is 5.85. The molecular formula is C14H18N2O3. The molecule has 102 valence electrons. The van der Waals surface area contributed by atoms with Gasteiger partial charge < -0.3 is 15.3 Å². The number of nitrogens with one attached hydrogen (secondary N) is 1. The van der Waals surface area contributed by atoms with Gasteiger partial charge >= 0.3 is 5.97 Å². The van der Waals surface area contributed by atoms with Gasteiger partial charge in [-0.15, -0.1) is 0 Å². The molecule has 0 aromatic heterocycles. The maximum atomic E-state index is 12.3. The molecule has 5 nitrogen and oxygen atoms in total. The summed E-state index contributed by atoms with van der Waals surface area (Å²) in [6.45, 7) is 2.07. The number of hydrogen-bond acceptors (Lipinski definition) is 3. The van der Waals surface area contributed by atoms with Crippen molar-refractivity contribution in [3.8, 4) is 0 Å². The van der Waals surface area contributed by atoms with Gasteiger partial charge in [-0.2, -0.15) is 0 Å². The lowest BCUT2D eigenvalue weighted by atomic mass is 9.92. The highest BCUT2D eigenvalue weighted by atomic mass is 16.4. The van der Waals surface area contributed by atoms with Gasteiger partial charge in [-0.1, -0.05) is 18.2 Å². The summed E-state index contributed by atoms with van der Waals surface area (Å²) in [4.78, 5) is 24.5. The van der Waals surface area contributed by atoms with Gasteiger partial charge in [0.25, 0.3) is 0 Å². The van der Waals surface area contributed by atoms with Gasteiger partial charge in [0.05, 0.1) is 5.92 Å². The summed E-state index contributed by atoms with van der Waals surface area (Å²) >= 11 is 0. The van der Waals surface area contributed by atoms with Gasteiger partial charge in [-0.25, -0.2) is 4.79 Å². The quantitative estimate of drug-likeness (QED) is 0.859. The van der Waals surface area contributed by atoms with E-state index in [2.05, 4.69) is 5.32 Å². The molecule has 1 aliphatic heterocycles. The zero-order valence-corrected chi connectivity index (χ0v) is 11.1. The number of hydrogen-bond donors (Lipinski definition) is 2. The first-order valence-corrected chi connectivity index (χ1v) is 6.32. The molecule has 0 fully saturated rings. The van der Waals surface area contributed by atoms with E-state index in [1.165, 1.54) is 11.8 Å². The number of fused-ring (bicyclic) bond motifs is 1. The Labute approximate surface area is 112 Å². The zero-order chi connectivity index (χ0) is 14.0. The van der Waals surface area contributed by atoms with E-state index >= 15 is 0 Å². The normalized spacial score (nSPS) is 18.9. The number of rotatable bonds is 3. The highest BCUT2D eigenvalue weighted by Gasteiger charge is 2.30. The second-order valence-corrected chi connectivity index (χ2v) is 4.90. The average molecular weight is 262 g/mol. The highest BCUT2D eigenvalue weighted by Crippen LogP contribution is 2.25. The number of carboxylic acids is 1. The van der Waals surface area contributed by atoms with E-state index in [0.29, 0.717) is 13.0 Å². The first-order chi connectivity index (χ1) is 9.00. The SMILES string of the molecule is CC(C(=O)O)N(C)C(=O)C1CNc2ccccc2C1. The molecule has 1 aliphatic rings. The van der Waals surface area contributed by atoms with Crippen LogP contribution in [0.15, 0.2) is 24.3 Å². The minimum Gasteiger partial charge on any atom is -0.480 e. The molecule has 0 bridgehead atoms. The Morgan fingerprint density at radius 2 is 2.11 bits per heavy atom. The van der Waals surface area contributed by atoms with Crippen molar-refractivity contribution in [1.82, 2.24) is 4.90 Å². The largest absolute Gasteiger partial charge is 0.480 e. The van der Waals surface area contributed by atoms with Crippen LogP contribution in [0.3, 0.4) is 0 Å². The van der Waals surface area contributed by atoms with Crippen LogP contribution < -0.4 is 5.32 Å². The lowest BCUT2D eigenvalue weighted by molar-refractivity contribution is -0.149. The molecule has 0 aliphatic carbocycles. The molecule has 2 atom stereocenters. The number of amides is 1. The zero-order valence-electron chi connectivity index (χ0n) is 11.1. The minimum absolute atomic E-state index is 0.128. The molecule has 1 heterocycles. The molecule has 19 heavy (non-hydrogen) atoms. The molecule has 0 radical (unpaired) electrons. The van der Waals surface area contributed by atoms with E-state index in [1.54, 1.807) is 7.05 Å². The Kier molecular flexibility index (Phi) is 3.74. The molecule has 1 aromatic rings. The van der Waals surface area contributed by atoms with E-state index in [9.17, 15) is 9.59 Å². The molecule has 2 rings (SSSR count). The summed E-state index contributed by atoms with van der Waals surface area (Å²) in [5.41, 5.74) is 2.16. The fraction of sp³-hybridized carbons (Fsp3) is 0.429. The number of carbonyl (C=O) groups excluding carboxylic acids is 1. The van der Waals surface area contributed by atoms with Crippen molar-refractivity contribution in [2.75, 3.05) is 18.9 Å². The van der Waals surface area contributed by atoms with Crippen molar-refractivity contribution in [3.05, 3.63) is 29.8 Å². The predicted molar refractivity (Wildman–Crippen MR) is 72.0 cm³/mol. The first kappa shape index (κ1) is 13.4. The lowest BCUT2D eigenvalue weighted by Gasteiger charge is -2.30. The summed E-state index contributed by atoms with van der Waals surface area (Å²) in [5.74, 6) is -1.32. The molecular weight excluding hydrogens is 244 g/mol. The summed E-state index contributed by atoms with van der Waals surface area (Å²) in [5, 5.41) is 12.2. The van der Waals surface area contributed by atoms with Crippen LogP contribution in [0.5, 0.6) is 0 Å². The number of nitrogens with zero attached hydrogens (tertiary/aromatic N) is 1. The monoisotopic (exact) mass is 262 g/mol. The van der Waals surface area contributed by atoms with E-state index in [1.807, 2.05) is 24.3 Å². The van der Waals surface area contributed by atoms with E-state index in [4.69, 9.17) is 5.11 Å². The van der Waals surface area contributed by atoms with Crippen LogP contribution in [0.25, 0.3) is 0 Å². The van der Waals surface area contributed by atoms with Crippen molar-refractivity contribution in [2.24, 2.45) is 5.92 Å². The van der Waals surface area contributed by atoms with Crippen molar-refractivity contribution >= 4 is 17.6 Å². The molecule has 1 aromatic carbocycles. The fourth-order valence-corrected chi connectivity index (χ4v) is 2.26. The summed E-state index contributed by atoms with van der Waals surface area (Å²) < 4.78 is 0. The van der Waals surface area contributed by atoms with Crippen molar-refractivity contribution in [2.45, 2.75) is 19.4 Å². The number of carboxylic acid groups (broad SMARTS) is 1. The van der Waals surface area contributed by atoms with Crippen molar-refractivity contribution < 1.29 is 14.7 Å². The number of carbonyl (C=O) groups is 2. The Bertz CT molecular complexity index is 501. The van der Waals surface area contributed by atoms with Crippen LogP contribution in [-0.2, 0) is 16.0 Å². The lowest BCUT2D eigenvalue weighted by Crippen LogP contribution is -2.46. The number of likely N-dealkylation sites (N-methyl/N-ethyl adjacent to an activating group) is 1. The summed E-state index contributed by atoms with van der Waals surface area (Å²) in [7, 11) is 1.54. The van der Waals surface area contributed by atoms with Crippen LogP contribution in [0.4, 0.5) is 5.69 Å². The average Bonchev–Trinajstić information content (AvgIpc) is 2.44. The third-order valence-corrected chi connectivity index (χ3v) is 3.66. The number of para-hydroxylation sites is 1. The Morgan fingerprint density at radius 1 is 1.42 bits per heavy atom. The molecule has 0 saturated carbocycles. The molecule has 0 saturated heterocycles. The number of aliphatic carboxylic acids is 1. The molecule has 1 amide bonds. The second kappa shape index (κ2) is 5.30. The minimum atomic E-state index is -0.986. The third-order valence-electron chi connectivity index (χ3n) is 3.66. The van der Waals surface area contributed by atoms with Gasteiger partial charge in [-0.05, 0) is 25.0 Å². The van der Waals surface area contributed by atoms with Crippen LogP contribution in [-0.4, -0.2) is 41.5 Å². The van der Waals surface area contributed by atoms with E-state index in [0.717, 1.165) is 11.3 Å². The Hall–Kier alpha value is -2.04. The molecule has 0 spiro atoms. The number of benzene rings is 1. The van der Waals surface area contributed by atoms with Crippen LogP contribution in [0.1, 0.15) is 12.5 Å². The van der Waals surface area contributed by atoms with Gasteiger partial charge in [-0.3, -0.25) is 4.79 Å². The Balaban J connectivity index is 2.08. The van der Waals surface area contributed by atoms with Crippen molar-refractivity contribution in [3.63, 3.8) is 0 Å². The molecule has 2 N–H and O–H groups in total. The van der Waals surface area contributed by atoms with Crippen molar-refractivity contribution in [1.29, 1.82) is 0 Å². The van der Waals surface area contributed by atoms with Gasteiger partial charge in [0.2, 0.25) is 5.91 Å². The summed E-state index contributed by atoms with van der Waals surface area (Å²) in [6.07, 6.45) is 0.651. The third kappa shape index (κ3) is 2.70. The van der Waals surface area contributed by atoms with E-state index < -0.39 is 12.0 Å². The molecule has 2 unspecified atom stereocenters. The maximum Gasteiger partial charge on any atom is 0.326 e. The maximum absolute atomic E-state index is 12.3. The van der Waals surface area contributed by atoms with Crippen LogP contribution >= 0.6 is 0 Å². The summed E-state index contributed by atoms with van der Waals surface area (Å²) in [6, 6.07) is 7.07. The second-order valence-electron chi connectivity index (χ2n) is 4.90. The fourth-order valence-electron chi connectivity index (χ4n) is 2.26. The Morgan fingerprint density at radius 3 is 2.79 bits per heavy atom. The standard InChI is InChI=1S/C14H18N2O3/c1-9(14(18)19)16(2)13(17)11-7-10-5-3-4-6-12(10)15-8-11/h3-6,9,11,15H,7-8H2,1-2H3,(H,18,19). The van der Waals surface area contributed by atoms with Gasteiger partial charge in [0.1, 0.15) is 6.04 Å². The van der Waals surface area contributed by atoms with Crippen LogP contribution in [0.2, 0.25) is 0 Å². The molecule has 5 heteroatoms.